The second kappa shape index (κ2) is 7.09. The fourth-order valence-corrected chi connectivity index (χ4v) is 5.49. The van der Waals surface area contributed by atoms with Crippen molar-refractivity contribution in [3.63, 3.8) is 0 Å². The van der Waals surface area contributed by atoms with Gasteiger partial charge in [0.2, 0.25) is 5.95 Å². The van der Waals surface area contributed by atoms with Crippen LogP contribution in [0.15, 0.2) is 0 Å². The Labute approximate surface area is 162 Å². The molecule has 0 spiro atoms. The van der Waals surface area contributed by atoms with E-state index in [4.69, 9.17) is 9.97 Å². The highest BCUT2D eigenvalue weighted by Gasteiger charge is 2.55. The molecule has 0 amide bonds. The molecule has 4 fully saturated rings. The summed E-state index contributed by atoms with van der Waals surface area (Å²) in [7, 11) is 0. The van der Waals surface area contributed by atoms with E-state index in [1.807, 2.05) is 0 Å². The van der Waals surface area contributed by atoms with Gasteiger partial charge in [-0.25, -0.2) is 4.98 Å². The first-order valence-corrected chi connectivity index (χ1v) is 9.33. The Morgan fingerprint density at radius 1 is 0.920 bits per heavy atom. The SMILES string of the molecule is Cc1nc(N2CCCC2)nc(N2[C@@H]3CC[C@H]2[C@H]2CNC[C@H]23)c1C.Cl.Cl. The van der Waals surface area contributed by atoms with Gasteiger partial charge in [0.05, 0.1) is 0 Å². The van der Waals surface area contributed by atoms with Crippen molar-refractivity contribution in [3.8, 4) is 0 Å². The van der Waals surface area contributed by atoms with Crippen LogP contribution in [0.3, 0.4) is 0 Å². The van der Waals surface area contributed by atoms with E-state index < -0.39 is 0 Å². The average molecular weight is 386 g/mol. The summed E-state index contributed by atoms with van der Waals surface area (Å²) in [6, 6.07) is 1.39. The molecule has 0 unspecified atom stereocenters. The van der Waals surface area contributed by atoms with Crippen LogP contribution in [0.1, 0.15) is 36.9 Å². The van der Waals surface area contributed by atoms with Gasteiger partial charge in [-0.15, -0.1) is 24.8 Å². The van der Waals surface area contributed by atoms with Gasteiger partial charge in [0.25, 0.3) is 0 Å². The lowest BCUT2D eigenvalue weighted by Crippen LogP contribution is -2.36. The summed E-state index contributed by atoms with van der Waals surface area (Å²) >= 11 is 0. The van der Waals surface area contributed by atoms with Crippen molar-refractivity contribution in [2.75, 3.05) is 36.0 Å². The summed E-state index contributed by atoms with van der Waals surface area (Å²) in [5.41, 5.74) is 2.45. The number of fused-ring (bicyclic) bond motifs is 5. The molecule has 0 aromatic carbocycles. The number of hydrogen-bond acceptors (Lipinski definition) is 5. The van der Waals surface area contributed by atoms with Crippen molar-refractivity contribution in [2.24, 2.45) is 11.8 Å². The summed E-state index contributed by atoms with van der Waals surface area (Å²) < 4.78 is 0. The van der Waals surface area contributed by atoms with E-state index in [0.717, 1.165) is 36.6 Å². The van der Waals surface area contributed by atoms with E-state index in [9.17, 15) is 0 Å². The standard InChI is InChI=1S/C18H27N5.2ClH/c1-11-12(2)20-18(22-7-3-4-8-22)21-17(11)23-15-5-6-16(23)14-10-19-9-13(14)15;;/h13-16,19H,3-10H2,1-2H3;2*1H/t13-,14+,15-,16+;;. The summed E-state index contributed by atoms with van der Waals surface area (Å²) in [6.45, 7) is 8.99. The van der Waals surface area contributed by atoms with Crippen LogP contribution < -0.4 is 15.1 Å². The Morgan fingerprint density at radius 3 is 2.12 bits per heavy atom. The van der Waals surface area contributed by atoms with Crippen molar-refractivity contribution >= 4 is 36.6 Å². The number of anilines is 2. The molecule has 25 heavy (non-hydrogen) atoms. The maximum Gasteiger partial charge on any atom is 0.227 e. The average Bonchev–Trinajstić information content (AvgIpc) is 3.32. The second-order valence-corrected chi connectivity index (χ2v) is 7.86. The van der Waals surface area contributed by atoms with Crippen molar-refractivity contribution < 1.29 is 0 Å². The Kier molecular flexibility index (Phi) is 5.38. The zero-order valence-electron chi connectivity index (χ0n) is 15.1. The third kappa shape index (κ3) is 2.79. The number of nitrogens with zero attached hydrogens (tertiary/aromatic N) is 4. The maximum atomic E-state index is 5.09. The van der Waals surface area contributed by atoms with Crippen LogP contribution in [-0.2, 0) is 0 Å². The summed E-state index contributed by atoms with van der Waals surface area (Å²) in [4.78, 5) is 15.0. The Hall–Kier alpha value is -0.780. The van der Waals surface area contributed by atoms with Gasteiger partial charge in [0.15, 0.2) is 0 Å². The summed E-state index contributed by atoms with van der Waals surface area (Å²) in [5, 5.41) is 3.61. The number of aromatic nitrogens is 2. The highest BCUT2D eigenvalue weighted by atomic mass is 35.5. The molecule has 5 rings (SSSR count). The first kappa shape index (κ1) is 19.0. The predicted molar refractivity (Wildman–Crippen MR) is 107 cm³/mol. The third-order valence-electron chi connectivity index (χ3n) is 6.76. The number of aryl methyl sites for hydroxylation is 1. The molecule has 4 aliphatic heterocycles. The first-order chi connectivity index (χ1) is 11.2. The first-order valence-electron chi connectivity index (χ1n) is 9.33. The molecule has 7 heteroatoms. The van der Waals surface area contributed by atoms with Crippen LogP contribution in [0, 0.1) is 25.7 Å². The van der Waals surface area contributed by atoms with Crippen LogP contribution in [-0.4, -0.2) is 48.2 Å². The minimum atomic E-state index is 0. The second-order valence-electron chi connectivity index (χ2n) is 7.86. The van der Waals surface area contributed by atoms with Crippen molar-refractivity contribution in [1.82, 2.24) is 15.3 Å². The molecule has 5 nitrogen and oxygen atoms in total. The fourth-order valence-electron chi connectivity index (χ4n) is 5.49. The Morgan fingerprint density at radius 2 is 1.52 bits per heavy atom. The van der Waals surface area contributed by atoms with Crippen molar-refractivity contribution in [1.29, 1.82) is 0 Å². The lowest BCUT2D eigenvalue weighted by atomic mass is 9.82. The lowest BCUT2D eigenvalue weighted by molar-refractivity contribution is 0.354. The van der Waals surface area contributed by atoms with Crippen LogP contribution in [0.25, 0.3) is 0 Å². The van der Waals surface area contributed by atoms with Crippen LogP contribution in [0.4, 0.5) is 11.8 Å². The van der Waals surface area contributed by atoms with Gasteiger partial charge >= 0.3 is 0 Å². The molecule has 1 aromatic heterocycles. The van der Waals surface area contributed by atoms with E-state index in [1.165, 1.54) is 50.2 Å². The maximum absolute atomic E-state index is 5.09. The van der Waals surface area contributed by atoms with Gasteiger partial charge in [0, 0.05) is 49.5 Å². The topological polar surface area (TPSA) is 44.3 Å². The quantitative estimate of drug-likeness (QED) is 0.847. The fraction of sp³-hybridized carbons (Fsp3) is 0.778. The van der Waals surface area contributed by atoms with Crippen LogP contribution >= 0.6 is 24.8 Å². The van der Waals surface area contributed by atoms with E-state index in [0.29, 0.717) is 12.1 Å². The molecule has 0 radical (unpaired) electrons. The number of halogens is 2. The lowest BCUT2D eigenvalue weighted by Gasteiger charge is -2.29. The smallest absolute Gasteiger partial charge is 0.227 e. The molecular formula is C18H29Cl2N5. The van der Waals surface area contributed by atoms with E-state index in [2.05, 4.69) is 29.0 Å². The Bertz CT molecular complexity index is 616. The molecule has 1 N–H and O–H groups in total. The number of rotatable bonds is 2. The largest absolute Gasteiger partial charge is 0.350 e. The molecule has 0 aliphatic carbocycles. The van der Waals surface area contributed by atoms with E-state index >= 15 is 0 Å². The third-order valence-corrected chi connectivity index (χ3v) is 6.76. The van der Waals surface area contributed by atoms with Gasteiger partial charge in [0.1, 0.15) is 5.82 Å². The summed E-state index contributed by atoms with van der Waals surface area (Å²) in [6.07, 6.45) is 5.23. The normalized spacial score (nSPS) is 32.6. The van der Waals surface area contributed by atoms with Gasteiger partial charge < -0.3 is 15.1 Å². The van der Waals surface area contributed by atoms with Gasteiger partial charge in [-0.3, -0.25) is 0 Å². The highest BCUT2D eigenvalue weighted by molar-refractivity contribution is 5.85. The molecular weight excluding hydrogens is 357 g/mol. The molecule has 2 bridgehead atoms. The minimum Gasteiger partial charge on any atom is -0.350 e. The van der Waals surface area contributed by atoms with Crippen LogP contribution in [0.5, 0.6) is 0 Å². The molecule has 140 valence electrons. The summed E-state index contributed by atoms with van der Waals surface area (Å²) in [5.74, 6) is 3.87. The zero-order chi connectivity index (χ0) is 15.6. The molecule has 4 aliphatic rings. The van der Waals surface area contributed by atoms with Gasteiger partial charge in [-0.1, -0.05) is 0 Å². The van der Waals surface area contributed by atoms with Crippen LogP contribution in [0.2, 0.25) is 0 Å². The minimum absolute atomic E-state index is 0. The molecule has 4 atom stereocenters. The van der Waals surface area contributed by atoms with Gasteiger partial charge in [-0.2, -0.15) is 4.98 Å². The van der Waals surface area contributed by atoms with Crippen molar-refractivity contribution in [3.05, 3.63) is 11.3 Å². The number of nitrogens with one attached hydrogen (secondary N) is 1. The Balaban J connectivity index is 0.000000911. The zero-order valence-corrected chi connectivity index (χ0v) is 16.7. The van der Waals surface area contributed by atoms with E-state index in [-0.39, 0.29) is 24.8 Å². The van der Waals surface area contributed by atoms with E-state index in [1.54, 1.807) is 0 Å². The molecule has 4 saturated heterocycles. The molecule has 5 heterocycles. The number of hydrogen-bond donors (Lipinski definition) is 1. The van der Waals surface area contributed by atoms with Crippen molar-refractivity contribution in [2.45, 2.75) is 51.6 Å². The predicted octanol–water partition coefficient (Wildman–Crippen LogP) is 2.72. The molecule has 1 aromatic rings. The monoisotopic (exact) mass is 385 g/mol. The van der Waals surface area contributed by atoms with Gasteiger partial charge in [-0.05, 0) is 51.4 Å². The molecule has 0 saturated carbocycles. The highest BCUT2D eigenvalue weighted by Crippen LogP contribution is 2.49.